The average Bonchev–Trinajstić information content (AvgIpc) is 3.29. The number of para-hydroxylation sites is 2. The normalized spacial score (nSPS) is 20.1. The molecule has 1 aromatic heterocycles. The van der Waals surface area contributed by atoms with Gasteiger partial charge in [-0.2, -0.15) is 0 Å². The fraction of sp³-hybridized carbons (Fsp3) is 0.292. The van der Waals surface area contributed by atoms with Crippen LogP contribution in [0.1, 0.15) is 36.1 Å². The summed E-state index contributed by atoms with van der Waals surface area (Å²) in [4.78, 5) is 18.2. The fourth-order valence-corrected chi connectivity index (χ4v) is 5.68. The topological polar surface area (TPSA) is 41.0 Å². The van der Waals surface area contributed by atoms with Gasteiger partial charge in [0.15, 0.2) is 0 Å². The lowest BCUT2D eigenvalue weighted by Crippen LogP contribution is -2.39. The number of fused-ring (bicyclic) bond motifs is 1. The number of aromatic nitrogens is 2. The number of imidazole rings is 1. The predicted octanol–water partition coefficient (Wildman–Crippen LogP) is 5.07. The molecule has 0 radical (unpaired) electrons. The maximum Gasteiger partial charge on any atom is 0.326 e. The SMILES string of the molecule is O=c1[nH]c2ccccc2n1C1CCN(C2Cc3ccc(Cl)c4cccc2c34)CC1. The highest BCUT2D eigenvalue weighted by Gasteiger charge is 2.33. The van der Waals surface area contributed by atoms with E-state index in [-0.39, 0.29) is 11.7 Å². The van der Waals surface area contributed by atoms with Crippen molar-refractivity contribution in [1.82, 2.24) is 14.5 Å². The lowest BCUT2D eigenvalue weighted by molar-refractivity contribution is 0.137. The van der Waals surface area contributed by atoms with Gasteiger partial charge in [0.2, 0.25) is 0 Å². The van der Waals surface area contributed by atoms with Gasteiger partial charge in [-0.15, -0.1) is 0 Å². The minimum atomic E-state index is 0.0114. The van der Waals surface area contributed by atoms with Crippen LogP contribution in [0.25, 0.3) is 21.8 Å². The van der Waals surface area contributed by atoms with Crippen LogP contribution in [0.5, 0.6) is 0 Å². The Hall–Kier alpha value is -2.56. The molecule has 1 unspecified atom stereocenters. The first-order valence-corrected chi connectivity index (χ1v) is 10.7. The fourth-order valence-electron chi connectivity index (χ4n) is 5.46. The lowest BCUT2D eigenvalue weighted by atomic mass is 9.99. The molecule has 0 bridgehead atoms. The molecule has 1 N–H and O–H groups in total. The van der Waals surface area contributed by atoms with E-state index in [0.29, 0.717) is 6.04 Å². The van der Waals surface area contributed by atoms with Gasteiger partial charge in [-0.25, -0.2) is 4.79 Å². The summed E-state index contributed by atoms with van der Waals surface area (Å²) >= 11 is 6.45. The molecule has 2 heterocycles. The summed E-state index contributed by atoms with van der Waals surface area (Å²) in [5.41, 5.74) is 4.76. The number of aromatic amines is 1. The van der Waals surface area contributed by atoms with Crippen LogP contribution in [0.2, 0.25) is 5.02 Å². The standard InChI is InChI=1S/C24H22ClN3O/c25-19-9-8-15-14-22(18-5-3-4-17(19)23(15)18)27-12-10-16(11-13-27)28-21-7-2-1-6-20(21)26-24(28)29/h1-9,16,22H,10-14H2,(H,26,29). The van der Waals surface area contributed by atoms with Crippen molar-refractivity contribution in [3.63, 3.8) is 0 Å². The second-order valence-electron chi connectivity index (χ2n) is 8.28. The van der Waals surface area contributed by atoms with Gasteiger partial charge in [0.25, 0.3) is 0 Å². The molecule has 0 spiro atoms. The number of benzene rings is 3. The summed E-state index contributed by atoms with van der Waals surface area (Å²) in [6.45, 7) is 2.00. The Morgan fingerprint density at radius 1 is 0.966 bits per heavy atom. The van der Waals surface area contributed by atoms with Crippen LogP contribution in [0, 0.1) is 0 Å². The zero-order chi connectivity index (χ0) is 19.5. The Kier molecular flexibility index (Phi) is 3.87. The molecule has 1 aliphatic carbocycles. The van der Waals surface area contributed by atoms with Crippen LogP contribution in [-0.2, 0) is 6.42 Å². The molecule has 4 nitrogen and oxygen atoms in total. The molecule has 1 aliphatic heterocycles. The molecule has 0 saturated carbocycles. The molecule has 5 heteroatoms. The van der Waals surface area contributed by atoms with E-state index in [2.05, 4.69) is 34.1 Å². The third kappa shape index (κ3) is 2.59. The highest BCUT2D eigenvalue weighted by molar-refractivity contribution is 6.35. The van der Waals surface area contributed by atoms with E-state index in [1.165, 1.54) is 21.9 Å². The van der Waals surface area contributed by atoms with E-state index in [0.717, 1.165) is 48.4 Å². The predicted molar refractivity (Wildman–Crippen MR) is 118 cm³/mol. The molecular formula is C24H22ClN3O. The third-order valence-electron chi connectivity index (χ3n) is 6.81. The number of rotatable bonds is 2. The largest absolute Gasteiger partial charge is 0.326 e. The number of nitrogens with zero attached hydrogens (tertiary/aromatic N) is 2. The van der Waals surface area contributed by atoms with Crippen molar-refractivity contribution in [1.29, 1.82) is 0 Å². The highest BCUT2D eigenvalue weighted by atomic mass is 35.5. The number of H-pyrrole nitrogens is 1. The summed E-state index contributed by atoms with van der Waals surface area (Å²) < 4.78 is 1.97. The molecule has 0 amide bonds. The monoisotopic (exact) mass is 403 g/mol. The van der Waals surface area contributed by atoms with Gasteiger partial charge in [-0.05, 0) is 54.0 Å². The molecular weight excluding hydrogens is 382 g/mol. The van der Waals surface area contributed by atoms with Crippen molar-refractivity contribution in [2.45, 2.75) is 31.3 Å². The number of halogens is 1. The van der Waals surface area contributed by atoms with Gasteiger partial charge in [0.1, 0.15) is 0 Å². The first-order valence-electron chi connectivity index (χ1n) is 10.3. The molecule has 2 aliphatic rings. The van der Waals surface area contributed by atoms with E-state index in [1.54, 1.807) is 0 Å². The van der Waals surface area contributed by atoms with Gasteiger partial charge in [-0.1, -0.05) is 48.0 Å². The van der Waals surface area contributed by atoms with Gasteiger partial charge < -0.3 is 4.98 Å². The van der Waals surface area contributed by atoms with Crippen molar-refractivity contribution in [2.75, 3.05) is 13.1 Å². The summed E-state index contributed by atoms with van der Waals surface area (Å²) in [6, 6.07) is 19.4. The van der Waals surface area contributed by atoms with Gasteiger partial charge in [-0.3, -0.25) is 9.47 Å². The second kappa shape index (κ2) is 6.48. The molecule has 1 saturated heterocycles. The van der Waals surface area contributed by atoms with Gasteiger partial charge >= 0.3 is 5.69 Å². The molecule has 146 valence electrons. The van der Waals surface area contributed by atoms with Crippen LogP contribution in [0.15, 0.2) is 59.4 Å². The Balaban J connectivity index is 1.28. The van der Waals surface area contributed by atoms with E-state index >= 15 is 0 Å². The van der Waals surface area contributed by atoms with E-state index in [1.807, 2.05) is 34.9 Å². The molecule has 1 fully saturated rings. The van der Waals surface area contributed by atoms with Gasteiger partial charge in [0.05, 0.1) is 11.0 Å². The lowest BCUT2D eigenvalue weighted by Gasteiger charge is -2.36. The summed E-state index contributed by atoms with van der Waals surface area (Å²) in [6.07, 6.45) is 3.03. The quantitative estimate of drug-likeness (QED) is 0.507. The number of hydrogen-bond donors (Lipinski definition) is 1. The van der Waals surface area contributed by atoms with Crippen molar-refractivity contribution in [3.05, 3.63) is 81.2 Å². The van der Waals surface area contributed by atoms with Crippen molar-refractivity contribution in [2.24, 2.45) is 0 Å². The smallest absolute Gasteiger partial charge is 0.306 e. The van der Waals surface area contributed by atoms with Crippen LogP contribution in [0.3, 0.4) is 0 Å². The third-order valence-corrected chi connectivity index (χ3v) is 7.14. The number of nitrogens with one attached hydrogen (secondary N) is 1. The van der Waals surface area contributed by atoms with E-state index in [4.69, 9.17) is 11.6 Å². The maximum atomic E-state index is 12.6. The molecule has 3 aromatic carbocycles. The first-order chi connectivity index (χ1) is 14.2. The Labute approximate surface area is 173 Å². The van der Waals surface area contributed by atoms with Crippen molar-refractivity contribution >= 4 is 33.4 Å². The van der Waals surface area contributed by atoms with Crippen molar-refractivity contribution < 1.29 is 0 Å². The summed E-state index contributed by atoms with van der Waals surface area (Å²) in [7, 11) is 0. The Bertz CT molecular complexity index is 1300. The minimum absolute atomic E-state index is 0.0114. The second-order valence-corrected chi connectivity index (χ2v) is 8.69. The maximum absolute atomic E-state index is 12.6. The first kappa shape index (κ1) is 17.3. The Morgan fingerprint density at radius 3 is 2.66 bits per heavy atom. The highest BCUT2D eigenvalue weighted by Crippen LogP contribution is 2.43. The number of piperidine rings is 1. The minimum Gasteiger partial charge on any atom is -0.306 e. The van der Waals surface area contributed by atoms with Gasteiger partial charge in [0, 0.05) is 35.6 Å². The summed E-state index contributed by atoms with van der Waals surface area (Å²) in [5, 5.41) is 3.35. The van der Waals surface area contributed by atoms with E-state index < -0.39 is 0 Å². The van der Waals surface area contributed by atoms with Crippen LogP contribution in [0.4, 0.5) is 0 Å². The van der Waals surface area contributed by atoms with E-state index in [9.17, 15) is 4.79 Å². The number of hydrogen-bond acceptors (Lipinski definition) is 2. The molecule has 1 atom stereocenters. The molecule has 6 rings (SSSR count). The number of likely N-dealkylation sites (tertiary alicyclic amines) is 1. The van der Waals surface area contributed by atoms with Crippen LogP contribution in [-0.4, -0.2) is 27.5 Å². The van der Waals surface area contributed by atoms with Crippen LogP contribution < -0.4 is 5.69 Å². The van der Waals surface area contributed by atoms with Crippen LogP contribution >= 0.6 is 11.6 Å². The zero-order valence-electron chi connectivity index (χ0n) is 16.1. The Morgan fingerprint density at radius 2 is 1.79 bits per heavy atom. The average molecular weight is 404 g/mol. The summed E-state index contributed by atoms with van der Waals surface area (Å²) in [5.74, 6) is 0. The molecule has 29 heavy (non-hydrogen) atoms. The molecule has 4 aromatic rings. The van der Waals surface area contributed by atoms with Crippen molar-refractivity contribution in [3.8, 4) is 0 Å². The zero-order valence-corrected chi connectivity index (χ0v) is 16.8.